The van der Waals surface area contributed by atoms with Gasteiger partial charge in [-0.25, -0.2) is 4.39 Å². The zero-order valence-corrected chi connectivity index (χ0v) is 9.85. The number of hydrogen-bond acceptors (Lipinski definition) is 2. The maximum Gasteiger partial charge on any atom is 0.309 e. The molecule has 2 aromatic rings. The standard InChI is InChI=1S/C14H12FNO2/c1-9-2-5-12(13(15)6-9)10-3-4-11(16-8-10)7-14(17)18/h2-6,8H,7H2,1H3,(H,17,18). The van der Waals surface area contributed by atoms with Gasteiger partial charge in [-0.3, -0.25) is 9.78 Å². The van der Waals surface area contributed by atoms with Crippen LogP contribution in [0.25, 0.3) is 11.1 Å². The predicted molar refractivity (Wildman–Crippen MR) is 65.7 cm³/mol. The average molecular weight is 245 g/mol. The number of rotatable bonds is 3. The number of hydrogen-bond donors (Lipinski definition) is 1. The first-order valence-corrected chi connectivity index (χ1v) is 5.49. The second-order valence-electron chi connectivity index (χ2n) is 4.09. The molecular formula is C14H12FNO2. The summed E-state index contributed by atoms with van der Waals surface area (Å²) in [6, 6.07) is 8.25. The van der Waals surface area contributed by atoms with E-state index in [9.17, 15) is 9.18 Å². The summed E-state index contributed by atoms with van der Waals surface area (Å²) in [5.74, 6) is -1.24. The SMILES string of the molecule is Cc1ccc(-c2ccc(CC(=O)O)nc2)c(F)c1. The Morgan fingerprint density at radius 2 is 2.11 bits per heavy atom. The maximum absolute atomic E-state index is 13.7. The molecule has 1 N–H and O–H groups in total. The molecule has 2 rings (SSSR count). The van der Waals surface area contributed by atoms with Crippen molar-refractivity contribution in [2.75, 3.05) is 0 Å². The minimum Gasteiger partial charge on any atom is -0.481 e. The van der Waals surface area contributed by atoms with Gasteiger partial charge in [-0.05, 0) is 24.6 Å². The lowest BCUT2D eigenvalue weighted by Crippen LogP contribution is -2.01. The predicted octanol–water partition coefficient (Wildman–Crippen LogP) is 2.82. The Morgan fingerprint density at radius 3 is 2.67 bits per heavy atom. The van der Waals surface area contributed by atoms with E-state index in [-0.39, 0.29) is 12.2 Å². The number of carboxylic acid groups (broad SMARTS) is 1. The minimum atomic E-state index is -0.934. The monoisotopic (exact) mass is 245 g/mol. The summed E-state index contributed by atoms with van der Waals surface area (Å²) in [5.41, 5.74) is 2.42. The smallest absolute Gasteiger partial charge is 0.309 e. The second-order valence-corrected chi connectivity index (χ2v) is 4.09. The summed E-state index contributed by atoms with van der Waals surface area (Å²) in [4.78, 5) is 14.5. The Kier molecular flexibility index (Phi) is 3.37. The first-order valence-electron chi connectivity index (χ1n) is 5.49. The Bertz CT molecular complexity index is 579. The molecule has 0 radical (unpaired) electrons. The van der Waals surface area contributed by atoms with Crippen LogP contribution in [0.4, 0.5) is 4.39 Å². The molecule has 0 saturated heterocycles. The minimum absolute atomic E-state index is 0.128. The van der Waals surface area contributed by atoms with Crippen molar-refractivity contribution in [3.8, 4) is 11.1 Å². The lowest BCUT2D eigenvalue weighted by atomic mass is 10.0. The van der Waals surface area contributed by atoms with Gasteiger partial charge in [-0.1, -0.05) is 18.2 Å². The van der Waals surface area contributed by atoms with E-state index in [0.29, 0.717) is 16.8 Å². The van der Waals surface area contributed by atoms with Crippen LogP contribution in [0.15, 0.2) is 36.5 Å². The van der Waals surface area contributed by atoms with Crippen LogP contribution in [-0.2, 0) is 11.2 Å². The van der Waals surface area contributed by atoms with Crippen molar-refractivity contribution in [1.82, 2.24) is 4.98 Å². The van der Waals surface area contributed by atoms with Crippen molar-refractivity contribution >= 4 is 5.97 Å². The molecule has 0 fully saturated rings. The van der Waals surface area contributed by atoms with Gasteiger partial charge >= 0.3 is 5.97 Å². The average Bonchev–Trinajstić information content (AvgIpc) is 2.30. The van der Waals surface area contributed by atoms with Crippen LogP contribution >= 0.6 is 0 Å². The van der Waals surface area contributed by atoms with E-state index in [1.807, 2.05) is 13.0 Å². The molecule has 0 saturated carbocycles. The molecular weight excluding hydrogens is 233 g/mol. The topological polar surface area (TPSA) is 50.2 Å². The van der Waals surface area contributed by atoms with E-state index in [1.165, 1.54) is 12.3 Å². The third-order valence-electron chi connectivity index (χ3n) is 2.59. The van der Waals surface area contributed by atoms with Gasteiger partial charge in [0.15, 0.2) is 0 Å². The van der Waals surface area contributed by atoms with Crippen molar-refractivity contribution in [3.63, 3.8) is 0 Å². The maximum atomic E-state index is 13.7. The Labute approximate surface area is 104 Å². The van der Waals surface area contributed by atoms with E-state index in [4.69, 9.17) is 5.11 Å². The van der Waals surface area contributed by atoms with Crippen LogP contribution in [0.2, 0.25) is 0 Å². The molecule has 1 heterocycles. The molecule has 0 atom stereocenters. The highest BCUT2D eigenvalue weighted by Gasteiger charge is 2.07. The van der Waals surface area contributed by atoms with Crippen LogP contribution < -0.4 is 0 Å². The van der Waals surface area contributed by atoms with E-state index < -0.39 is 5.97 Å². The van der Waals surface area contributed by atoms with Crippen LogP contribution in [0.5, 0.6) is 0 Å². The highest BCUT2D eigenvalue weighted by atomic mass is 19.1. The van der Waals surface area contributed by atoms with E-state index in [0.717, 1.165) is 5.56 Å². The summed E-state index contributed by atoms with van der Waals surface area (Å²) in [7, 11) is 0. The van der Waals surface area contributed by atoms with Crippen molar-refractivity contribution in [3.05, 3.63) is 53.6 Å². The number of carboxylic acids is 1. The van der Waals surface area contributed by atoms with Gasteiger partial charge in [0.25, 0.3) is 0 Å². The molecule has 0 unspecified atom stereocenters. The number of halogens is 1. The molecule has 1 aromatic carbocycles. The molecule has 4 heteroatoms. The summed E-state index contributed by atoms with van der Waals surface area (Å²) in [5, 5.41) is 8.63. The van der Waals surface area contributed by atoms with Gasteiger partial charge in [0, 0.05) is 17.3 Å². The van der Waals surface area contributed by atoms with Gasteiger partial charge < -0.3 is 5.11 Å². The Balaban J connectivity index is 2.31. The molecule has 1 aromatic heterocycles. The summed E-state index contributed by atoms with van der Waals surface area (Å²) in [6.07, 6.45) is 1.36. The van der Waals surface area contributed by atoms with Gasteiger partial charge in [0.2, 0.25) is 0 Å². The number of carbonyl (C=O) groups is 1. The molecule has 0 bridgehead atoms. The first-order chi connectivity index (χ1) is 8.56. The number of benzene rings is 1. The lowest BCUT2D eigenvalue weighted by Gasteiger charge is -2.05. The van der Waals surface area contributed by atoms with Gasteiger partial charge in [-0.15, -0.1) is 0 Å². The number of aromatic nitrogens is 1. The molecule has 0 spiro atoms. The summed E-state index contributed by atoms with van der Waals surface area (Å²) < 4.78 is 13.7. The van der Waals surface area contributed by atoms with Gasteiger partial charge in [0.05, 0.1) is 12.1 Å². The van der Waals surface area contributed by atoms with Gasteiger partial charge in [0.1, 0.15) is 5.82 Å². The molecule has 0 amide bonds. The zero-order valence-electron chi connectivity index (χ0n) is 9.85. The third-order valence-corrected chi connectivity index (χ3v) is 2.59. The molecule has 0 aliphatic carbocycles. The fourth-order valence-corrected chi connectivity index (χ4v) is 1.70. The highest BCUT2D eigenvalue weighted by molar-refractivity contribution is 5.70. The number of aliphatic carboxylic acids is 1. The first kappa shape index (κ1) is 12.2. The number of aryl methyl sites for hydroxylation is 1. The van der Waals surface area contributed by atoms with Crippen molar-refractivity contribution < 1.29 is 14.3 Å². The third kappa shape index (κ3) is 2.71. The molecule has 0 aliphatic heterocycles. The largest absolute Gasteiger partial charge is 0.481 e. The Morgan fingerprint density at radius 1 is 1.33 bits per heavy atom. The van der Waals surface area contributed by atoms with Gasteiger partial charge in [-0.2, -0.15) is 0 Å². The molecule has 0 aliphatic rings. The van der Waals surface area contributed by atoms with Crippen LogP contribution in [0.1, 0.15) is 11.3 Å². The molecule has 92 valence electrons. The fourth-order valence-electron chi connectivity index (χ4n) is 1.70. The van der Waals surface area contributed by atoms with Crippen molar-refractivity contribution in [2.24, 2.45) is 0 Å². The van der Waals surface area contributed by atoms with E-state index >= 15 is 0 Å². The summed E-state index contributed by atoms with van der Waals surface area (Å²) >= 11 is 0. The van der Waals surface area contributed by atoms with E-state index in [1.54, 1.807) is 18.2 Å². The van der Waals surface area contributed by atoms with E-state index in [2.05, 4.69) is 4.98 Å². The fraction of sp³-hybridized carbons (Fsp3) is 0.143. The molecule has 18 heavy (non-hydrogen) atoms. The number of pyridine rings is 1. The second kappa shape index (κ2) is 4.96. The number of nitrogens with zero attached hydrogens (tertiary/aromatic N) is 1. The normalized spacial score (nSPS) is 10.3. The van der Waals surface area contributed by atoms with Crippen LogP contribution in [0, 0.1) is 12.7 Å². The van der Waals surface area contributed by atoms with Crippen LogP contribution in [-0.4, -0.2) is 16.1 Å². The molecule has 3 nitrogen and oxygen atoms in total. The lowest BCUT2D eigenvalue weighted by molar-refractivity contribution is -0.136. The Hall–Kier alpha value is -2.23. The quantitative estimate of drug-likeness (QED) is 0.904. The highest BCUT2D eigenvalue weighted by Crippen LogP contribution is 2.22. The zero-order chi connectivity index (χ0) is 13.1. The van der Waals surface area contributed by atoms with Crippen LogP contribution in [0.3, 0.4) is 0 Å². The van der Waals surface area contributed by atoms with Crippen molar-refractivity contribution in [2.45, 2.75) is 13.3 Å². The summed E-state index contributed by atoms with van der Waals surface area (Å²) in [6.45, 7) is 1.82. The van der Waals surface area contributed by atoms with Crippen molar-refractivity contribution in [1.29, 1.82) is 0 Å².